The molecule has 14 heavy (non-hydrogen) atoms. The highest BCUT2D eigenvalue weighted by Gasteiger charge is 2.16. The largest absolute Gasteiger partial charge is 0.476 e. The monoisotopic (exact) mass is 255 g/mol. The van der Waals surface area contributed by atoms with Gasteiger partial charge in [0.2, 0.25) is 5.78 Å². The van der Waals surface area contributed by atoms with Gasteiger partial charge in [-0.05, 0) is 28.4 Å². The van der Waals surface area contributed by atoms with E-state index in [2.05, 4.69) is 25.9 Å². The highest BCUT2D eigenvalue weighted by Crippen LogP contribution is 2.17. The van der Waals surface area contributed by atoms with Crippen molar-refractivity contribution < 1.29 is 9.90 Å². The lowest BCUT2D eigenvalue weighted by Gasteiger charge is -1.95. The van der Waals surface area contributed by atoms with Crippen molar-refractivity contribution in [3.63, 3.8) is 0 Å². The molecule has 0 saturated carbocycles. The number of hydrogen-bond acceptors (Lipinski definition) is 3. The summed E-state index contributed by atoms with van der Waals surface area (Å²) in [7, 11) is 0. The quantitative estimate of drug-likeness (QED) is 0.839. The number of imidazole rings is 1. The van der Waals surface area contributed by atoms with Gasteiger partial charge >= 0.3 is 5.97 Å². The van der Waals surface area contributed by atoms with Gasteiger partial charge in [0.15, 0.2) is 5.69 Å². The molecular formula is C8H6BrN3O2. The van der Waals surface area contributed by atoms with Crippen LogP contribution < -0.4 is 0 Å². The number of fused-ring (bicyclic) bond motifs is 1. The second-order valence-corrected chi connectivity index (χ2v) is 3.61. The molecule has 0 spiro atoms. The van der Waals surface area contributed by atoms with Crippen molar-refractivity contribution in [2.24, 2.45) is 0 Å². The van der Waals surface area contributed by atoms with Crippen LogP contribution in [0.4, 0.5) is 0 Å². The van der Waals surface area contributed by atoms with Crippen molar-refractivity contribution in [1.82, 2.24) is 14.4 Å². The molecule has 0 amide bonds. The SMILES string of the molecule is Cc1cnc2nc(C(=O)O)c(Br)n2c1. The van der Waals surface area contributed by atoms with Gasteiger partial charge in [-0.2, -0.15) is 0 Å². The van der Waals surface area contributed by atoms with Crippen LogP contribution in [-0.4, -0.2) is 25.4 Å². The molecule has 0 aliphatic carbocycles. The number of aromatic carboxylic acids is 1. The molecule has 2 aromatic rings. The van der Waals surface area contributed by atoms with E-state index in [9.17, 15) is 4.79 Å². The Kier molecular flexibility index (Phi) is 1.99. The van der Waals surface area contributed by atoms with E-state index in [1.807, 2.05) is 6.92 Å². The predicted octanol–water partition coefficient (Wildman–Crippen LogP) is 1.50. The maximum Gasteiger partial charge on any atom is 0.357 e. The molecule has 0 saturated heterocycles. The minimum Gasteiger partial charge on any atom is -0.476 e. The Morgan fingerprint density at radius 3 is 3.00 bits per heavy atom. The van der Waals surface area contributed by atoms with Gasteiger partial charge in [-0.25, -0.2) is 14.8 Å². The summed E-state index contributed by atoms with van der Waals surface area (Å²) in [5.74, 6) is -0.695. The summed E-state index contributed by atoms with van der Waals surface area (Å²) in [5.41, 5.74) is 0.913. The lowest BCUT2D eigenvalue weighted by atomic mass is 10.4. The highest BCUT2D eigenvalue weighted by molar-refractivity contribution is 9.10. The van der Waals surface area contributed by atoms with Gasteiger partial charge in [-0.3, -0.25) is 4.40 Å². The molecule has 0 aliphatic heterocycles. The molecule has 2 heterocycles. The van der Waals surface area contributed by atoms with Gasteiger partial charge < -0.3 is 5.11 Å². The molecule has 2 aromatic heterocycles. The Labute approximate surface area is 87.5 Å². The molecule has 0 aromatic carbocycles. The second kappa shape index (κ2) is 3.06. The van der Waals surface area contributed by atoms with Crippen LogP contribution in [0.15, 0.2) is 17.0 Å². The number of rotatable bonds is 1. The summed E-state index contributed by atoms with van der Waals surface area (Å²) in [6, 6.07) is 0. The maximum absolute atomic E-state index is 10.7. The zero-order valence-corrected chi connectivity index (χ0v) is 8.82. The summed E-state index contributed by atoms with van der Waals surface area (Å²) in [4.78, 5) is 18.6. The third kappa shape index (κ3) is 1.27. The number of carboxylic acids is 1. The molecule has 2 rings (SSSR count). The topological polar surface area (TPSA) is 67.5 Å². The predicted molar refractivity (Wildman–Crippen MR) is 52.4 cm³/mol. The summed E-state index contributed by atoms with van der Waals surface area (Å²) in [6.07, 6.45) is 3.41. The van der Waals surface area contributed by atoms with E-state index in [1.54, 1.807) is 16.8 Å². The van der Waals surface area contributed by atoms with Crippen LogP contribution in [0.5, 0.6) is 0 Å². The Bertz CT molecular complexity index is 521. The van der Waals surface area contributed by atoms with Crippen molar-refractivity contribution >= 4 is 27.7 Å². The number of carbonyl (C=O) groups is 1. The molecule has 0 atom stereocenters. The van der Waals surface area contributed by atoms with Crippen LogP contribution in [0.25, 0.3) is 5.78 Å². The standard InChI is InChI=1S/C8H6BrN3O2/c1-4-2-10-8-11-5(7(13)14)6(9)12(8)3-4/h2-3H,1H3,(H,13,14). The first kappa shape index (κ1) is 9.14. The third-order valence-electron chi connectivity index (χ3n) is 1.75. The number of hydrogen-bond donors (Lipinski definition) is 1. The third-order valence-corrected chi connectivity index (χ3v) is 2.51. The van der Waals surface area contributed by atoms with Crippen molar-refractivity contribution in [2.75, 3.05) is 0 Å². The van der Waals surface area contributed by atoms with Crippen LogP contribution >= 0.6 is 15.9 Å². The molecule has 5 nitrogen and oxygen atoms in total. The van der Waals surface area contributed by atoms with Gasteiger partial charge in [-0.15, -0.1) is 0 Å². The van der Waals surface area contributed by atoms with Gasteiger partial charge in [-0.1, -0.05) is 0 Å². The molecule has 72 valence electrons. The molecule has 0 fully saturated rings. The van der Waals surface area contributed by atoms with Gasteiger partial charge in [0, 0.05) is 12.4 Å². The molecule has 0 unspecified atom stereocenters. The zero-order valence-electron chi connectivity index (χ0n) is 7.23. The number of carboxylic acid groups (broad SMARTS) is 1. The molecule has 1 N–H and O–H groups in total. The second-order valence-electron chi connectivity index (χ2n) is 2.86. The lowest BCUT2D eigenvalue weighted by Crippen LogP contribution is -1.97. The van der Waals surface area contributed by atoms with Gasteiger partial charge in [0.25, 0.3) is 0 Å². The van der Waals surface area contributed by atoms with E-state index in [1.165, 1.54) is 0 Å². The first-order valence-corrected chi connectivity index (χ1v) is 4.62. The minimum atomic E-state index is -1.07. The number of nitrogens with zero attached hydrogens (tertiary/aromatic N) is 3. The summed E-state index contributed by atoms with van der Waals surface area (Å²) >= 11 is 3.17. The minimum absolute atomic E-state index is 0.0249. The van der Waals surface area contributed by atoms with E-state index in [0.29, 0.717) is 10.4 Å². The van der Waals surface area contributed by atoms with E-state index in [0.717, 1.165) is 5.56 Å². The molecule has 0 bridgehead atoms. The molecular weight excluding hydrogens is 250 g/mol. The fourth-order valence-electron chi connectivity index (χ4n) is 1.14. The van der Waals surface area contributed by atoms with E-state index in [-0.39, 0.29) is 5.69 Å². The normalized spacial score (nSPS) is 10.7. The molecule has 6 heteroatoms. The lowest BCUT2D eigenvalue weighted by molar-refractivity contribution is 0.0690. The molecule has 0 aliphatic rings. The van der Waals surface area contributed by atoms with Crippen molar-refractivity contribution in [1.29, 1.82) is 0 Å². The van der Waals surface area contributed by atoms with Gasteiger partial charge in [0.05, 0.1) is 0 Å². The van der Waals surface area contributed by atoms with E-state index < -0.39 is 5.97 Å². The van der Waals surface area contributed by atoms with Crippen LogP contribution in [-0.2, 0) is 0 Å². The Morgan fingerprint density at radius 2 is 2.36 bits per heavy atom. The Balaban J connectivity index is 2.80. The fourth-order valence-corrected chi connectivity index (χ4v) is 1.66. The van der Waals surface area contributed by atoms with Crippen molar-refractivity contribution in [3.05, 3.63) is 28.3 Å². The highest BCUT2D eigenvalue weighted by atomic mass is 79.9. The van der Waals surface area contributed by atoms with Crippen LogP contribution in [0.2, 0.25) is 0 Å². The average molecular weight is 256 g/mol. The summed E-state index contributed by atoms with van der Waals surface area (Å²) in [5, 5.41) is 8.80. The first-order valence-electron chi connectivity index (χ1n) is 3.83. The Hall–Kier alpha value is -1.43. The maximum atomic E-state index is 10.7. The van der Waals surface area contributed by atoms with Crippen LogP contribution in [0.1, 0.15) is 16.1 Å². The first-order chi connectivity index (χ1) is 6.59. The summed E-state index contributed by atoms with van der Waals surface area (Å²) < 4.78 is 2.01. The number of aryl methyl sites for hydroxylation is 1. The van der Waals surface area contributed by atoms with Crippen LogP contribution in [0.3, 0.4) is 0 Å². The molecule has 0 radical (unpaired) electrons. The zero-order chi connectivity index (χ0) is 10.3. The van der Waals surface area contributed by atoms with Gasteiger partial charge in [0.1, 0.15) is 4.60 Å². The Morgan fingerprint density at radius 1 is 1.64 bits per heavy atom. The number of halogens is 1. The fraction of sp³-hybridized carbons (Fsp3) is 0.125. The van der Waals surface area contributed by atoms with E-state index in [4.69, 9.17) is 5.11 Å². The summed E-state index contributed by atoms with van der Waals surface area (Å²) in [6.45, 7) is 1.87. The van der Waals surface area contributed by atoms with Crippen LogP contribution in [0, 0.1) is 6.92 Å². The smallest absolute Gasteiger partial charge is 0.357 e. The number of aromatic nitrogens is 3. The van der Waals surface area contributed by atoms with E-state index >= 15 is 0 Å². The van der Waals surface area contributed by atoms with Crippen molar-refractivity contribution in [3.8, 4) is 0 Å². The van der Waals surface area contributed by atoms with Crippen molar-refractivity contribution in [2.45, 2.75) is 6.92 Å². The average Bonchev–Trinajstić information content (AvgIpc) is 2.44.